The Labute approximate surface area is 390 Å². The predicted molar refractivity (Wildman–Crippen MR) is 240 cm³/mol. The first-order valence-electron chi connectivity index (χ1n) is 23.4. The molecule has 66 heavy (non-hydrogen) atoms. The number of nitrogens with zero attached hydrogens (tertiary/aromatic N) is 1. The molecule has 5 rings (SSSR count). The lowest BCUT2D eigenvalue weighted by atomic mass is 9.72. The molecule has 0 amide bonds. The molecular formula is C49H77NO16. The normalized spacial score (nSPS) is 41.1. The number of carbonyl (C=O) groups excluding carboxylic acids is 3. The van der Waals surface area contributed by atoms with Gasteiger partial charge in [-0.25, -0.2) is 9.59 Å². The van der Waals surface area contributed by atoms with Crippen LogP contribution in [-0.4, -0.2) is 145 Å². The predicted octanol–water partition coefficient (Wildman–Crippen LogP) is 6.68. The molecule has 4 heterocycles. The van der Waals surface area contributed by atoms with Crippen LogP contribution in [0, 0.1) is 23.7 Å². The zero-order chi connectivity index (χ0) is 49.1. The number of fused-ring (bicyclic) bond motifs is 2. The highest BCUT2D eigenvalue weighted by Crippen LogP contribution is 2.45. The van der Waals surface area contributed by atoms with E-state index in [0.29, 0.717) is 12.0 Å². The van der Waals surface area contributed by atoms with Gasteiger partial charge in [0.25, 0.3) is 0 Å². The van der Waals surface area contributed by atoms with Gasteiger partial charge in [-0.05, 0) is 112 Å². The minimum absolute atomic E-state index is 0.0261. The first kappa shape index (κ1) is 53.6. The molecule has 0 spiro atoms. The molecule has 0 saturated carbocycles. The lowest BCUT2D eigenvalue weighted by Gasteiger charge is -2.53. The number of esters is 1. The molecule has 3 fully saturated rings. The Kier molecular flexibility index (Phi) is 17.8. The Hall–Kier alpha value is -3.39. The Balaban J connectivity index is 1.57. The number of methoxy groups -OCH3 is 1. The number of ether oxygens (including phenoxy) is 11. The second kappa shape index (κ2) is 21.9. The van der Waals surface area contributed by atoms with Crippen molar-refractivity contribution >= 4 is 18.3 Å². The number of hydrogen-bond donors (Lipinski definition) is 2. The van der Waals surface area contributed by atoms with E-state index in [0.717, 1.165) is 5.56 Å². The van der Waals surface area contributed by atoms with E-state index in [2.05, 4.69) is 0 Å². The van der Waals surface area contributed by atoms with E-state index in [9.17, 15) is 24.6 Å². The van der Waals surface area contributed by atoms with Crippen LogP contribution >= 0.6 is 0 Å². The molecule has 17 heteroatoms. The molecule has 18 atom stereocenters. The summed E-state index contributed by atoms with van der Waals surface area (Å²) in [6, 6.07) is 8.86. The van der Waals surface area contributed by atoms with Crippen molar-refractivity contribution in [2.24, 2.45) is 23.7 Å². The lowest BCUT2D eigenvalue weighted by Crippen LogP contribution is -2.64. The number of aliphatic hydroxyl groups is 2. The zero-order valence-corrected chi connectivity index (χ0v) is 41.6. The van der Waals surface area contributed by atoms with Crippen LogP contribution in [-0.2, 0) is 63.5 Å². The third-order valence-electron chi connectivity index (χ3n) is 13.7. The van der Waals surface area contributed by atoms with Gasteiger partial charge in [0.1, 0.15) is 18.3 Å². The number of likely N-dealkylation sites (N-methyl/N-ethyl adjacent to an activating group) is 1. The van der Waals surface area contributed by atoms with Crippen molar-refractivity contribution in [2.45, 2.75) is 200 Å². The van der Waals surface area contributed by atoms with Crippen LogP contribution in [0.1, 0.15) is 108 Å². The Bertz CT molecular complexity index is 1800. The van der Waals surface area contributed by atoms with Gasteiger partial charge in [0.2, 0.25) is 0 Å². The summed E-state index contributed by atoms with van der Waals surface area (Å²) in [5.41, 5.74) is -1.98. The highest BCUT2D eigenvalue weighted by molar-refractivity contribution is 5.73. The summed E-state index contributed by atoms with van der Waals surface area (Å²) in [6.45, 7) is 21.4. The highest BCUT2D eigenvalue weighted by atomic mass is 16.8. The maximum Gasteiger partial charge on any atom is 0.509 e. The summed E-state index contributed by atoms with van der Waals surface area (Å²) >= 11 is 0. The number of benzene rings is 1. The Morgan fingerprint density at radius 3 is 2.15 bits per heavy atom. The molecule has 2 bridgehead atoms. The zero-order valence-electron chi connectivity index (χ0n) is 41.6. The fourth-order valence-electron chi connectivity index (χ4n) is 10.4. The summed E-state index contributed by atoms with van der Waals surface area (Å²) in [5.74, 6) is -4.57. The van der Waals surface area contributed by atoms with Gasteiger partial charge < -0.3 is 67.2 Å². The second-order valence-corrected chi connectivity index (χ2v) is 20.1. The van der Waals surface area contributed by atoms with E-state index < -0.39 is 114 Å². The standard InChI is InChI=1S/C49H77NO16/c1-16-35-49(12,55)42-29(5)37(65-47(9,10)66-42)27(3)24-48(11,54)41(64-44-40(63-45(52)56-15)34(50(13)14)23-28(4)58-44)30(6)39(31(7)43(51)60-35)61-36-22-26(2)38(32(8)59-36)62-46(53)57-25-33-20-18-17-19-21-33/h17-22,27-32,34-42,44,54-55H,16,23-25H2,1-15H3/t27-,28-,29-,30+,31-,32+,34+,35-,36+,37+,38-,39+,40-,41-,42+,44+,48-,49-/m1/s1. The van der Waals surface area contributed by atoms with Crippen molar-refractivity contribution in [1.29, 1.82) is 0 Å². The quantitative estimate of drug-likeness (QED) is 0.143. The molecule has 3 saturated heterocycles. The average molecular weight is 936 g/mol. The maximum atomic E-state index is 14.7. The third-order valence-corrected chi connectivity index (χ3v) is 13.7. The van der Waals surface area contributed by atoms with Gasteiger partial charge in [-0.15, -0.1) is 0 Å². The molecule has 0 unspecified atom stereocenters. The fourth-order valence-corrected chi connectivity index (χ4v) is 10.4. The smallest absolute Gasteiger partial charge is 0.459 e. The monoisotopic (exact) mass is 936 g/mol. The Morgan fingerprint density at radius 1 is 0.879 bits per heavy atom. The average Bonchev–Trinajstić information content (AvgIpc) is 3.24. The van der Waals surface area contributed by atoms with Crippen LogP contribution in [0.15, 0.2) is 42.0 Å². The topological polar surface area (TPSA) is 196 Å². The minimum Gasteiger partial charge on any atom is -0.459 e. The minimum atomic E-state index is -1.72. The van der Waals surface area contributed by atoms with Crippen LogP contribution < -0.4 is 0 Å². The van der Waals surface area contributed by atoms with Gasteiger partial charge in [-0.2, -0.15) is 0 Å². The van der Waals surface area contributed by atoms with Crippen LogP contribution in [0.3, 0.4) is 0 Å². The molecule has 0 aliphatic carbocycles. The van der Waals surface area contributed by atoms with Crippen molar-refractivity contribution in [3.05, 3.63) is 47.5 Å². The molecule has 1 aromatic rings. The molecule has 0 aromatic heterocycles. The van der Waals surface area contributed by atoms with Crippen molar-refractivity contribution in [3.63, 3.8) is 0 Å². The van der Waals surface area contributed by atoms with Crippen LogP contribution in [0.4, 0.5) is 9.59 Å². The number of rotatable bonds is 10. The third kappa shape index (κ3) is 12.6. The van der Waals surface area contributed by atoms with Crippen LogP contribution in [0.5, 0.6) is 0 Å². The SMILES string of the molecule is CC[C@H]1OC(=O)[C@H](C)[C@@H](O[C@H]2C=C(C)[C@@H](OC(=O)OCc3ccccc3)[C@H](C)O2)[C@H](C)[C@@H](O[C@@H]2O[C@H](C)C[C@H](N(C)C)[C@H]2OC(=O)OC)[C@](C)(O)C[C@@H](C)[C@@H]2OC(C)(C)O[C@@H]([C@@H]2C)[C@]1(C)O. The van der Waals surface area contributed by atoms with Crippen molar-refractivity contribution < 1.29 is 76.7 Å². The van der Waals surface area contributed by atoms with E-state index >= 15 is 0 Å². The Morgan fingerprint density at radius 2 is 1.55 bits per heavy atom. The van der Waals surface area contributed by atoms with E-state index in [1.165, 1.54) is 7.11 Å². The summed E-state index contributed by atoms with van der Waals surface area (Å²) in [4.78, 5) is 42.2. The molecule has 4 aliphatic heterocycles. The molecule has 1 aromatic carbocycles. The van der Waals surface area contributed by atoms with Crippen molar-refractivity contribution in [1.82, 2.24) is 4.90 Å². The van der Waals surface area contributed by atoms with Gasteiger partial charge in [0.05, 0.1) is 61.3 Å². The van der Waals surface area contributed by atoms with Gasteiger partial charge in [-0.1, -0.05) is 58.0 Å². The number of hydrogen-bond acceptors (Lipinski definition) is 17. The van der Waals surface area contributed by atoms with Crippen molar-refractivity contribution in [3.8, 4) is 0 Å². The van der Waals surface area contributed by atoms with E-state index in [-0.39, 0.29) is 37.5 Å². The number of cyclic esters (lactones) is 1. The van der Waals surface area contributed by atoms with Gasteiger partial charge in [0, 0.05) is 11.8 Å². The molecule has 17 nitrogen and oxygen atoms in total. The summed E-state index contributed by atoms with van der Waals surface area (Å²) in [6.07, 6.45) is -9.20. The van der Waals surface area contributed by atoms with E-state index in [1.54, 1.807) is 61.5 Å². The summed E-state index contributed by atoms with van der Waals surface area (Å²) in [5, 5.41) is 25.4. The maximum absolute atomic E-state index is 14.7. The van der Waals surface area contributed by atoms with Crippen LogP contribution in [0.2, 0.25) is 0 Å². The summed E-state index contributed by atoms with van der Waals surface area (Å²) in [7, 11) is 4.94. The second-order valence-electron chi connectivity index (χ2n) is 20.1. The first-order valence-corrected chi connectivity index (χ1v) is 23.4. The first-order chi connectivity index (χ1) is 30.8. The van der Waals surface area contributed by atoms with Crippen molar-refractivity contribution in [2.75, 3.05) is 21.2 Å². The molecule has 4 aliphatic rings. The highest BCUT2D eigenvalue weighted by Gasteiger charge is 2.57. The van der Waals surface area contributed by atoms with Crippen LogP contribution in [0.25, 0.3) is 0 Å². The molecule has 0 radical (unpaired) electrons. The van der Waals surface area contributed by atoms with E-state index in [4.69, 9.17) is 52.1 Å². The number of carbonyl (C=O) groups is 3. The molecule has 374 valence electrons. The summed E-state index contributed by atoms with van der Waals surface area (Å²) < 4.78 is 67.8. The molecule has 2 N–H and O–H groups in total. The van der Waals surface area contributed by atoms with Gasteiger partial charge >= 0.3 is 18.3 Å². The largest absolute Gasteiger partial charge is 0.509 e. The van der Waals surface area contributed by atoms with E-state index in [1.807, 2.05) is 77.0 Å². The van der Waals surface area contributed by atoms with Gasteiger partial charge in [-0.3, -0.25) is 4.79 Å². The van der Waals surface area contributed by atoms with Gasteiger partial charge in [0.15, 0.2) is 30.6 Å². The fraction of sp³-hybridized carbons (Fsp3) is 0.776. The lowest BCUT2D eigenvalue weighted by molar-refractivity contribution is -0.360. The molecular weight excluding hydrogens is 859 g/mol.